The highest BCUT2D eigenvalue weighted by molar-refractivity contribution is 5.95. The van der Waals surface area contributed by atoms with Crippen molar-refractivity contribution in [3.8, 4) is 0 Å². The fourth-order valence-corrected chi connectivity index (χ4v) is 2.03. The van der Waals surface area contributed by atoms with E-state index >= 15 is 0 Å². The monoisotopic (exact) mass is 314 g/mol. The maximum absolute atomic E-state index is 12.3. The lowest BCUT2D eigenvalue weighted by molar-refractivity contribution is -0.119. The van der Waals surface area contributed by atoms with Crippen molar-refractivity contribution in [1.29, 1.82) is 0 Å². The van der Waals surface area contributed by atoms with Gasteiger partial charge in [0.2, 0.25) is 11.8 Å². The Morgan fingerprint density at radius 1 is 1.13 bits per heavy atom. The summed E-state index contributed by atoms with van der Waals surface area (Å²) in [6.07, 6.45) is 0. The molecule has 0 bridgehead atoms. The van der Waals surface area contributed by atoms with Crippen LogP contribution in [-0.2, 0) is 9.59 Å². The standard InChI is InChI=1S/C16H18N4O3/c1-10-7-8-15(22)20(19-10)11(2)16(23)18-14-6-4-5-13(9-14)17-12(3)21/h4-9,11H,1-3H3,(H,17,21)(H,18,23). The fraction of sp³-hybridized carbons (Fsp3) is 0.250. The number of rotatable bonds is 4. The first-order chi connectivity index (χ1) is 10.9. The maximum atomic E-state index is 12.3. The van der Waals surface area contributed by atoms with Crippen LogP contribution in [0.15, 0.2) is 41.2 Å². The van der Waals surface area contributed by atoms with Gasteiger partial charge in [-0.1, -0.05) is 6.07 Å². The summed E-state index contributed by atoms with van der Waals surface area (Å²) in [6, 6.07) is 8.98. The average molecular weight is 314 g/mol. The van der Waals surface area contributed by atoms with E-state index in [-0.39, 0.29) is 17.4 Å². The zero-order valence-corrected chi connectivity index (χ0v) is 13.2. The van der Waals surface area contributed by atoms with Crippen molar-refractivity contribution in [2.45, 2.75) is 26.8 Å². The van der Waals surface area contributed by atoms with Crippen molar-refractivity contribution in [3.05, 3.63) is 52.4 Å². The first-order valence-corrected chi connectivity index (χ1v) is 7.12. The van der Waals surface area contributed by atoms with Gasteiger partial charge in [0.25, 0.3) is 5.56 Å². The second-order valence-electron chi connectivity index (χ2n) is 5.18. The van der Waals surface area contributed by atoms with Gasteiger partial charge in [0.1, 0.15) is 6.04 Å². The van der Waals surface area contributed by atoms with Gasteiger partial charge in [-0.3, -0.25) is 14.4 Å². The molecule has 2 rings (SSSR count). The normalized spacial score (nSPS) is 11.6. The highest BCUT2D eigenvalue weighted by Gasteiger charge is 2.17. The fourth-order valence-electron chi connectivity index (χ4n) is 2.03. The first kappa shape index (κ1) is 16.4. The predicted octanol–water partition coefficient (Wildman–Crippen LogP) is 1.71. The van der Waals surface area contributed by atoms with Gasteiger partial charge in [-0.15, -0.1) is 0 Å². The third kappa shape index (κ3) is 4.26. The molecule has 23 heavy (non-hydrogen) atoms. The number of nitrogens with zero attached hydrogens (tertiary/aromatic N) is 2. The van der Waals surface area contributed by atoms with E-state index in [1.165, 1.54) is 13.0 Å². The molecule has 0 spiro atoms. The molecule has 1 heterocycles. The van der Waals surface area contributed by atoms with E-state index in [1.807, 2.05) is 0 Å². The summed E-state index contributed by atoms with van der Waals surface area (Å²) in [5.74, 6) is -0.567. The third-order valence-corrected chi connectivity index (χ3v) is 3.16. The summed E-state index contributed by atoms with van der Waals surface area (Å²) < 4.78 is 1.14. The minimum Gasteiger partial charge on any atom is -0.326 e. The summed E-state index contributed by atoms with van der Waals surface area (Å²) in [6.45, 7) is 4.75. The number of carbonyl (C=O) groups excluding carboxylic acids is 2. The topological polar surface area (TPSA) is 93.1 Å². The molecule has 1 atom stereocenters. The molecule has 7 nitrogen and oxygen atoms in total. The minimum absolute atomic E-state index is 0.197. The average Bonchev–Trinajstić information content (AvgIpc) is 2.48. The van der Waals surface area contributed by atoms with Crippen LogP contribution in [-0.4, -0.2) is 21.6 Å². The molecule has 0 saturated carbocycles. The van der Waals surface area contributed by atoms with Crippen LogP contribution in [0.5, 0.6) is 0 Å². The SMILES string of the molecule is CC(=O)Nc1cccc(NC(=O)C(C)n2nc(C)ccc2=O)c1. The van der Waals surface area contributed by atoms with E-state index in [1.54, 1.807) is 44.2 Å². The Kier molecular flexibility index (Phi) is 4.90. The van der Waals surface area contributed by atoms with Gasteiger partial charge in [0, 0.05) is 24.4 Å². The zero-order chi connectivity index (χ0) is 17.0. The number of hydrogen-bond donors (Lipinski definition) is 2. The Hall–Kier alpha value is -2.96. The number of aryl methyl sites for hydroxylation is 1. The molecule has 0 fully saturated rings. The Bertz CT molecular complexity index is 798. The number of hydrogen-bond acceptors (Lipinski definition) is 4. The summed E-state index contributed by atoms with van der Waals surface area (Å²) >= 11 is 0. The van der Waals surface area contributed by atoms with Crippen molar-refractivity contribution in [2.24, 2.45) is 0 Å². The van der Waals surface area contributed by atoms with Gasteiger partial charge < -0.3 is 10.6 Å². The molecule has 2 aromatic rings. The van der Waals surface area contributed by atoms with E-state index < -0.39 is 6.04 Å². The van der Waals surface area contributed by atoms with Crippen LogP contribution in [0.4, 0.5) is 11.4 Å². The number of carbonyl (C=O) groups is 2. The van der Waals surface area contributed by atoms with Crippen LogP contribution < -0.4 is 16.2 Å². The van der Waals surface area contributed by atoms with Gasteiger partial charge in [0.15, 0.2) is 0 Å². The van der Waals surface area contributed by atoms with Crippen LogP contribution in [0.2, 0.25) is 0 Å². The second kappa shape index (κ2) is 6.87. The van der Waals surface area contributed by atoms with Gasteiger partial charge in [-0.2, -0.15) is 5.10 Å². The second-order valence-corrected chi connectivity index (χ2v) is 5.18. The van der Waals surface area contributed by atoms with Crippen molar-refractivity contribution >= 4 is 23.2 Å². The van der Waals surface area contributed by atoms with E-state index in [9.17, 15) is 14.4 Å². The Labute approximate surface area is 133 Å². The third-order valence-electron chi connectivity index (χ3n) is 3.16. The summed E-state index contributed by atoms with van der Waals surface area (Å²) in [4.78, 5) is 35.2. The lowest BCUT2D eigenvalue weighted by Crippen LogP contribution is -2.33. The van der Waals surface area contributed by atoms with Crippen LogP contribution in [0, 0.1) is 6.92 Å². The molecular formula is C16H18N4O3. The number of aromatic nitrogens is 2. The molecule has 0 saturated heterocycles. The number of anilines is 2. The summed E-state index contributed by atoms with van der Waals surface area (Å²) in [7, 11) is 0. The van der Waals surface area contributed by atoms with Gasteiger partial charge in [0.05, 0.1) is 5.69 Å². The largest absolute Gasteiger partial charge is 0.326 e. The van der Waals surface area contributed by atoms with E-state index in [2.05, 4.69) is 15.7 Å². The first-order valence-electron chi connectivity index (χ1n) is 7.12. The molecule has 120 valence electrons. The van der Waals surface area contributed by atoms with Crippen molar-refractivity contribution in [1.82, 2.24) is 9.78 Å². The smallest absolute Gasteiger partial charge is 0.267 e. The van der Waals surface area contributed by atoms with Crippen molar-refractivity contribution in [3.63, 3.8) is 0 Å². The van der Waals surface area contributed by atoms with Gasteiger partial charge >= 0.3 is 0 Å². The van der Waals surface area contributed by atoms with Gasteiger partial charge in [-0.25, -0.2) is 4.68 Å². The van der Waals surface area contributed by atoms with E-state index in [0.29, 0.717) is 17.1 Å². The molecular weight excluding hydrogens is 296 g/mol. The lowest BCUT2D eigenvalue weighted by Gasteiger charge is -2.15. The predicted molar refractivity (Wildman–Crippen MR) is 87.3 cm³/mol. The lowest BCUT2D eigenvalue weighted by atomic mass is 10.2. The molecule has 1 aromatic heterocycles. The zero-order valence-electron chi connectivity index (χ0n) is 13.2. The number of nitrogens with one attached hydrogen (secondary N) is 2. The van der Waals surface area contributed by atoms with Gasteiger partial charge in [-0.05, 0) is 38.1 Å². The number of amides is 2. The molecule has 0 aliphatic carbocycles. The quantitative estimate of drug-likeness (QED) is 0.898. The Morgan fingerprint density at radius 2 is 1.78 bits per heavy atom. The molecule has 1 aromatic carbocycles. The molecule has 7 heteroatoms. The van der Waals surface area contributed by atoms with E-state index in [4.69, 9.17) is 0 Å². The molecule has 2 N–H and O–H groups in total. The van der Waals surface area contributed by atoms with Crippen LogP contribution in [0.25, 0.3) is 0 Å². The van der Waals surface area contributed by atoms with Crippen LogP contribution in [0.1, 0.15) is 25.6 Å². The summed E-state index contributed by atoms with van der Waals surface area (Å²) in [5.41, 5.74) is 1.41. The van der Waals surface area contributed by atoms with E-state index in [0.717, 1.165) is 4.68 Å². The van der Waals surface area contributed by atoms with Crippen LogP contribution in [0.3, 0.4) is 0 Å². The Balaban J connectivity index is 2.16. The molecule has 0 radical (unpaired) electrons. The summed E-state index contributed by atoms with van der Waals surface area (Å²) in [5, 5.41) is 9.43. The molecule has 0 aliphatic rings. The highest BCUT2D eigenvalue weighted by Crippen LogP contribution is 2.16. The van der Waals surface area contributed by atoms with Crippen LogP contribution >= 0.6 is 0 Å². The van der Waals surface area contributed by atoms with Crippen molar-refractivity contribution in [2.75, 3.05) is 10.6 Å². The maximum Gasteiger partial charge on any atom is 0.267 e. The Morgan fingerprint density at radius 3 is 2.43 bits per heavy atom. The highest BCUT2D eigenvalue weighted by atomic mass is 16.2. The molecule has 0 aliphatic heterocycles. The van der Waals surface area contributed by atoms with Crippen molar-refractivity contribution < 1.29 is 9.59 Å². The molecule has 1 unspecified atom stereocenters. The molecule has 2 amide bonds. The minimum atomic E-state index is -0.758. The number of benzene rings is 1.